The van der Waals surface area contributed by atoms with E-state index in [1.807, 2.05) is 17.5 Å². The molecule has 9 nitrogen and oxygen atoms in total. The third kappa shape index (κ3) is 5.82. The summed E-state index contributed by atoms with van der Waals surface area (Å²) in [5.74, 6) is -3.06. The Bertz CT molecular complexity index is 778. The molecule has 1 saturated heterocycles. The normalized spacial score (nSPS) is 20.1. The van der Waals surface area contributed by atoms with Crippen LogP contribution in [-0.4, -0.2) is 57.5 Å². The first-order chi connectivity index (χ1) is 12.8. The van der Waals surface area contributed by atoms with Crippen LogP contribution in [0, 0.1) is 0 Å². The molecule has 0 aromatic carbocycles. The summed E-state index contributed by atoms with van der Waals surface area (Å²) < 4.78 is 0. The Labute approximate surface area is 191 Å². The van der Waals surface area contributed by atoms with Crippen molar-refractivity contribution in [3.8, 4) is 0 Å². The largest absolute Gasteiger partial charge is 1.00 e. The van der Waals surface area contributed by atoms with Crippen LogP contribution in [0.1, 0.15) is 11.8 Å². The molecule has 3 heterocycles. The predicted octanol–water partition coefficient (Wildman–Crippen LogP) is -5.55. The number of carboxylic acid groups (broad SMARTS) is 2. The number of aliphatic hydroxyl groups is 1. The SMILES string of the molecule is CC(=O)[O-].O=C(Cc1cccs1)N[C@@H]1C(=O)N2C(C(=O)[O-])=C(CO)CS[C@H]12.[Na+]. The van der Waals surface area contributed by atoms with Crippen molar-refractivity contribution in [3.63, 3.8) is 0 Å². The number of carbonyl (C=O) groups excluding carboxylic acids is 4. The number of rotatable bonds is 5. The fourth-order valence-electron chi connectivity index (χ4n) is 2.59. The van der Waals surface area contributed by atoms with E-state index >= 15 is 0 Å². The van der Waals surface area contributed by atoms with Gasteiger partial charge in [-0.1, -0.05) is 6.07 Å². The molecule has 12 heteroatoms. The predicted molar refractivity (Wildman–Crippen MR) is 92.8 cm³/mol. The molecule has 0 spiro atoms. The van der Waals surface area contributed by atoms with Crippen LogP contribution in [0.25, 0.3) is 0 Å². The molecule has 2 N–H and O–H groups in total. The van der Waals surface area contributed by atoms with E-state index in [1.165, 1.54) is 23.1 Å². The van der Waals surface area contributed by atoms with Gasteiger partial charge in [0.1, 0.15) is 11.4 Å². The van der Waals surface area contributed by atoms with Gasteiger partial charge in [-0.15, -0.1) is 23.1 Å². The Balaban J connectivity index is 0.000000717. The fourth-order valence-corrected chi connectivity index (χ4v) is 4.63. The molecule has 28 heavy (non-hydrogen) atoms. The van der Waals surface area contributed by atoms with Gasteiger partial charge in [-0.05, 0) is 23.9 Å². The zero-order valence-corrected chi connectivity index (χ0v) is 18.8. The van der Waals surface area contributed by atoms with Crippen molar-refractivity contribution in [3.05, 3.63) is 33.7 Å². The number of nitrogens with one attached hydrogen (secondary N) is 1. The quantitative estimate of drug-likeness (QED) is 0.343. The third-order valence-electron chi connectivity index (χ3n) is 3.66. The molecule has 0 bridgehead atoms. The molecule has 1 aromatic heterocycles. The summed E-state index contributed by atoms with van der Waals surface area (Å²) in [4.78, 5) is 46.3. The number of aliphatic carboxylic acids is 2. The molecule has 1 aromatic rings. The van der Waals surface area contributed by atoms with Gasteiger partial charge in [-0.2, -0.15) is 0 Å². The molecule has 1 fully saturated rings. The Kier molecular flexibility index (Phi) is 9.67. The molecule has 3 rings (SSSR count). The monoisotopic (exact) mass is 435 g/mol. The molecular formula is C16H16N2NaO7S2-. The van der Waals surface area contributed by atoms with Crippen molar-refractivity contribution in [2.24, 2.45) is 0 Å². The molecule has 0 unspecified atom stereocenters. The van der Waals surface area contributed by atoms with Crippen molar-refractivity contribution in [2.45, 2.75) is 24.8 Å². The molecule has 0 saturated carbocycles. The maximum Gasteiger partial charge on any atom is 1.00 e. The van der Waals surface area contributed by atoms with Crippen LogP contribution < -0.4 is 45.1 Å². The van der Waals surface area contributed by atoms with Gasteiger partial charge in [0.05, 0.1) is 24.7 Å². The van der Waals surface area contributed by atoms with Gasteiger partial charge in [0.2, 0.25) is 5.91 Å². The van der Waals surface area contributed by atoms with Gasteiger partial charge >= 0.3 is 29.6 Å². The smallest absolute Gasteiger partial charge is 0.550 e. The Hall–Kier alpha value is -1.37. The number of thiophene rings is 1. The van der Waals surface area contributed by atoms with E-state index in [0.717, 1.165) is 16.7 Å². The first-order valence-corrected chi connectivity index (χ1v) is 9.67. The van der Waals surface area contributed by atoms with Gasteiger partial charge in [0.25, 0.3) is 5.91 Å². The van der Waals surface area contributed by atoms with Crippen LogP contribution in [0.4, 0.5) is 0 Å². The third-order valence-corrected chi connectivity index (χ3v) is 5.88. The average molecular weight is 435 g/mol. The maximum atomic E-state index is 12.2. The first-order valence-electron chi connectivity index (χ1n) is 7.74. The molecule has 2 atom stereocenters. The van der Waals surface area contributed by atoms with E-state index < -0.39 is 35.9 Å². The number of amides is 2. The minimum atomic E-state index is -1.49. The Morgan fingerprint density at radius 1 is 1.36 bits per heavy atom. The van der Waals surface area contributed by atoms with E-state index in [0.29, 0.717) is 0 Å². The van der Waals surface area contributed by atoms with Crippen molar-refractivity contribution in [1.29, 1.82) is 0 Å². The molecule has 2 aliphatic rings. The van der Waals surface area contributed by atoms with E-state index in [4.69, 9.17) is 9.90 Å². The zero-order chi connectivity index (χ0) is 20.1. The second-order valence-electron chi connectivity index (χ2n) is 5.60. The molecule has 146 valence electrons. The summed E-state index contributed by atoms with van der Waals surface area (Å²) in [6.07, 6.45) is 0.184. The number of fused-ring (bicyclic) bond motifs is 1. The number of carboxylic acids is 2. The van der Waals surface area contributed by atoms with Gasteiger partial charge in [0.15, 0.2) is 0 Å². The van der Waals surface area contributed by atoms with Gasteiger partial charge < -0.3 is 30.2 Å². The summed E-state index contributed by atoms with van der Waals surface area (Å²) in [6, 6.07) is 2.93. The Morgan fingerprint density at radius 2 is 2.00 bits per heavy atom. The molecule has 0 aliphatic carbocycles. The van der Waals surface area contributed by atoms with Gasteiger partial charge in [-0.3, -0.25) is 14.5 Å². The summed E-state index contributed by atoms with van der Waals surface area (Å²) in [7, 11) is 0. The second-order valence-corrected chi connectivity index (χ2v) is 7.74. The minimum absolute atomic E-state index is 0. The summed E-state index contributed by atoms with van der Waals surface area (Å²) in [5.41, 5.74) is -0.0204. The molecule has 2 aliphatic heterocycles. The van der Waals surface area contributed by atoms with Crippen molar-refractivity contribution >= 4 is 46.9 Å². The van der Waals surface area contributed by atoms with Gasteiger partial charge in [-0.25, -0.2) is 0 Å². The van der Waals surface area contributed by atoms with E-state index in [2.05, 4.69) is 5.32 Å². The number of thioether (sulfide) groups is 1. The van der Waals surface area contributed by atoms with Crippen LogP contribution in [0.3, 0.4) is 0 Å². The summed E-state index contributed by atoms with van der Waals surface area (Å²) in [5, 5.41) is 33.4. The standard InChI is InChI=1S/C14H14N2O5S2.C2H4O2.Na/c17-5-7-6-23-13-10(12(19)16(13)11(7)14(20)21)15-9(18)4-8-2-1-3-22-8;1-2(3)4;/h1-3,10,13,17H,4-6H2,(H,15,18)(H,20,21);1H3,(H,3,4);/q;;+1/p-2/t10-,13-;;/m1../s1. The van der Waals surface area contributed by atoms with Crippen molar-refractivity contribution < 1.29 is 64.1 Å². The molecule has 0 radical (unpaired) electrons. The van der Waals surface area contributed by atoms with Crippen LogP contribution in [0.15, 0.2) is 28.8 Å². The number of hydrogen-bond donors (Lipinski definition) is 2. The van der Waals surface area contributed by atoms with Crippen LogP contribution in [-0.2, 0) is 25.6 Å². The van der Waals surface area contributed by atoms with E-state index in [9.17, 15) is 24.6 Å². The van der Waals surface area contributed by atoms with Crippen LogP contribution in [0.2, 0.25) is 0 Å². The first kappa shape index (κ1) is 24.7. The second kappa shape index (κ2) is 11.0. The van der Waals surface area contributed by atoms with E-state index in [-0.39, 0.29) is 58.9 Å². The summed E-state index contributed by atoms with van der Waals surface area (Å²) >= 11 is 2.77. The number of carbonyl (C=O) groups is 4. The Morgan fingerprint density at radius 3 is 2.50 bits per heavy atom. The van der Waals surface area contributed by atoms with E-state index in [1.54, 1.807) is 0 Å². The molecule has 2 amide bonds. The fraction of sp³-hybridized carbons (Fsp3) is 0.375. The van der Waals surface area contributed by atoms with Crippen molar-refractivity contribution in [1.82, 2.24) is 10.2 Å². The minimum Gasteiger partial charge on any atom is -0.550 e. The zero-order valence-electron chi connectivity index (χ0n) is 15.2. The summed E-state index contributed by atoms with van der Waals surface area (Å²) in [6.45, 7) is 0.530. The number of hydrogen-bond acceptors (Lipinski definition) is 9. The topological polar surface area (TPSA) is 150 Å². The van der Waals surface area contributed by atoms with Crippen molar-refractivity contribution in [2.75, 3.05) is 12.4 Å². The molecular weight excluding hydrogens is 419 g/mol. The number of nitrogens with zero attached hydrogens (tertiary/aromatic N) is 1. The van der Waals surface area contributed by atoms with Crippen LogP contribution in [0.5, 0.6) is 0 Å². The maximum absolute atomic E-state index is 12.2. The van der Waals surface area contributed by atoms with Crippen LogP contribution >= 0.6 is 23.1 Å². The number of aliphatic hydroxyl groups excluding tert-OH is 1. The number of β-lactam (4-membered cyclic amide) rings is 1. The van der Waals surface area contributed by atoms with Gasteiger partial charge in [0, 0.05) is 16.6 Å². The average Bonchev–Trinajstić information content (AvgIpc) is 3.10.